The van der Waals surface area contributed by atoms with Gasteiger partial charge < -0.3 is 14.7 Å². The summed E-state index contributed by atoms with van der Waals surface area (Å²) in [5.74, 6) is 1.35. The number of aromatic nitrogens is 3. The van der Waals surface area contributed by atoms with Gasteiger partial charge in [0.05, 0.1) is 17.1 Å². The van der Waals surface area contributed by atoms with Gasteiger partial charge in [-0.25, -0.2) is 4.98 Å². The second-order valence-corrected chi connectivity index (χ2v) is 7.70. The first-order chi connectivity index (χ1) is 14.3. The third kappa shape index (κ3) is 3.69. The molecule has 0 spiro atoms. The van der Waals surface area contributed by atoms with Crippen LogP contribution in [0.2, 0.25) is 0 Å². The van der Waals surface area contributed by atoms with Gasteiger partial charge in [0.1, 0.15) is 5.76 Å². The molecule has 2 aromatic heterocycles. The minimum atomic E-state index is -0.289. The van der Waals surface area contributed by atoms with Crippen molar-refractivity contribution in [3.8, 4) is 11.5 Å². The number of aromatic amines is 1. The Kier molecular flexibility index (Phi) is 5.09. The number of nitrogens with one attached hydrogen (secondary N) is 2. The number of rotatable bonds is 4. The van der Waals surface area contributed by atoms with E-state index in [-0.39, 0.29) is 17.4 Å². The SMILES string of the molecule is CC(C)c1cnc(-c2ccc(NC(=O)c3ccc4c(=O)n(C)c(=S)[nH]c4c3)cc2)o1. The van der Waals surface area contributed by atoms with E-state index in [1.807, 2.05) is 26.0 Å². The van der Waals surface area contributed by atoms with E-state index >= 15 is 0 Å². The zero-order valence-electron chi connectivity index (χ0n) is 16.7. The molecule has 8 heteroatoms. The highest BCUT2D eigenvalue weighted by atomic mass is 32.1. The summed E-state index contributed by atoms with van der Waals surface area (Å²) in [4.78, 5) is 32.2. The minimum Gasteiger partial charge on any atom is -0.441 e. The van der Waals surface area contributed by atoms with Crippen molar-refractivity contribution in [1.82, 2.24) is 14.5 Å². The van der Waals surface area contributed by atoms with E-state index in [0.717, 1.165) is 11.3 Å². The summed E-state index contributed by atoms with van der Waals surface area (Å²) in [6, 6.07) is 12.1. The molecule has 0 aliphatic heterocycles. The molecule has 4 rings (SSSR count). The molecule has 0 bridgehead atoms. The van der Waals surface area contributed by atoms with Crippen molar-refractivity contribution in [3.63, 3.8) is 0 Å². The van der Waals surface area contributed by atoms with Crippen LogP contribution in [0.5, 0.6) is 0 Å². The number of amides is 1. The average Bonchev–Trinajstić information content (AvgIpc) is 3.23. The number of nitrogens with zero attached hydrogens (tertiary/aromatic N) is 2. The molecule has 0 aliphatic carbocycles. The summed E-state index contributed by atoms with van der Waals surface area (Å²) < 4.78 is 7.41. The van der Waals surface area contributed by atoms with Crippen molar-refractivity contribution in [1.29, 1.82) is 0 Å². The number of carbonyl (C=O) groups is 1. The van der Waals surface area contributed by atoms with Crippen LogP contribution in [0.4, 0.5) is 5.69 Å². The fourth-order valence-electron chi connectivity index (χ4n) is 3.03. The maximum Gasteiger partial charge on any atom is 0.261 e. The van der Waals surface area contributed by atoms with Crippen LogP contribution in [0.1, 0.15) is 35.9 Å². The van der Waals surface area contributed by atoms with Crippen molar-refractivity contribution in [2.45, 2.75) is 19.8 Å². The molecule has 7 nitrogen and oxygen atoms in total. The van der Waals surface area contributed by atoms with Crippen molar-refractivity contribution in [2.24, 2.45) is 7.05 Å². The molecule has 0 atom stereocenters. The summed E-state index contributed by atoms with van der Waals surface area (Å²) in [5.41, 5.74) is 2.20. The van der Waals surface area contributed by atoms with Gasteiger partial charge in [0.2, 0.25) is 5.89 Å². The minimum absolute atomic E-state index is 0.205. The summed E-state index contributed by atoms with van der Waals surface area (Å²) in [6.45, 7) is 4.09. The van der Waals surface area contributed by atoms with Crippen LogP contribution in [0, 0.1) is 4.77 Å². The first kappa shape index (κ1) is 19.8. The lowest BCUT2D eigenvalue weighted by atomic mass is 10.1. The molecule has 0 radical (unpaired) electrons. The standard InChI is InChI=1S/C22H20N4O3S/c1-12(2)18-11-23-20(29-18)13-4-7-15(8-5-13)24-19(27)14-6-9-16-17(10-14)25-22(30)26(3)21(16)28/h4-12H,1-3H3,(H,24,27)(H,25,30). The molecule has 0 unspecified atom stereocenters. The number of benzene rings is 2. The molecule has 0 fully saturated rings. The van der Waals surface area contributed by atoms with Crippen molar-refractivity contribution >= 4 is 34.7 Å². The first-order valence-corrected chi connectivity index (χ1v) is 9.85. The number of fused-ring (bicyclic) bond motifs is 1. The number of carbonyl (C=O) groups excluding carboxylic acids is 1. The number of H-pyrrole nitrogens is 1. The molecule has 2 aromatic carbocycles. The van der Waals surface area contributed by atoms with E-state index in [4.69, 9.17) is 16.6 Å². The maximum atomic E-state index is 12.7. The Morgan fingerprint density at radius 1 is 1.20 bits per heavy atom. The first-order valence-electron chi connectivity index (χ1n) is 9.44. The van der Waals surface area contributed by atoms with Gasteiger partial charge in [-0.2, -0.15) is 0 Å². The third-order valence-electron chi connectivity index (χ3n) is 4.85. The van der Waals surface area contributed by atoms with Gasteiger partial charge in [-0.15, -0.1) is 0 Å². The Morgan fingerprint density at radius 2 is 1.93 bits per heavy atom. The van der Waals surface area contributed by atoms with Crippen LogP contribution in [0.3, 0.4) is 0 Å². The van der Waals surface area contributed by atoms with Crippen molar-refractivity contribution in [2.75, 3.05) is 5.32 Å². The normalized spacial score (nSPS) is 11.2. The van der Waals surface area contributed by atoms with Gasteiger partial charge in [0.25, 0.3) is 11.5 Å². The summed E-state index contributed by atoms with van der Waals surface area (Å²) in [6.07, 6.45) is 1.73. The van der Waals surface area contributed by atoms with Crippen LogP contribution in [-0.4, -0.2) is 20.4 Å². The molecule has 0 aliphatic rings. The average molecular weight is 420 g/mol. The molecule has 4 aromatic rings. The fraction of sp³-hybridized carbons (Fsp3) is 0.182. The van der Waals surface area contributed by atoms with Crippen LogP contribution in [-0.2, 0) is 7.05 Å². The second-order valence-electron chi connectivity index (χ2n) is 7.31. The summed E-state index contributed by atoms with van der Waals surface area (Å²) in [7, 11) is 1.60. The Balaban J connectivity index is 1.55. The monoisotopic (exact) mass is 420 g/mol. The molecule has 30 heavy (non-hydrogen) atoms. The molecule has 0 saturated heterocycles. The Bertz CT molecular complexity index is 1360. The number of hydrogen-bond acceptors (Lipinski definition) is 5. The lowest BCUT2D eigenvalue weighted by molar-refractivity contribution is 0.102. The van der Waals surface area contributed by atoms with Crippen LogP contribution in [0.25, 0.3) is 22.4 Å². The second kappa shape index (κ2) is 7.72. The summed E-state index contributed by atoms with van der Waals surface area (Å²) >= 11 is 5.14. The quantitative estimate of drug-likeness (QED) is 0.470. The van der Waals surface area contributed by atoms with Crippen molar-refractivity contribution in [3.05, 3.63) is 75.1 Å². The zero-order chi connectivity index (χ0) is 21.4. The highest BCUT2D eigenvalue weighted by Gasteiger charge is 2.12. The van der Waals surface area contributed by atoms with Crippen LogP contribution in [0.15, 0.2) is 57.9 Å². The molecular formula is C22H20N4O3S. The Hall–Kier alpha value is -3.52. The Morgan fingerprint density at radius 3 is 2.60 bits per heavy atom. The van der Waals surface area contributed by atoms with Gasteiger partial charge in [-0.3, -0.25) is 14.2 Å². The lowest BCUT2D eigenvalue weighted by Gasteiger charge is -2.08. The van der Waals surface area contributed by atoms with E-state index in [0.29, 0.717) is 32.8 Å². The maximum absolute atomic E-state index is 12.7. The van der Waals surface area contributed by atoms with Crippen LogP contribution < -0.4 is 10.9 Å². The van der Waals surface area contributed by atoms with Crippen molar-refractivity contribution < 1.29 is 9.21 Å². The predicted octanol–water partition coefficient (Wildman–Crippen LogP) is 4.63. The number of anilines is 1. The predicted molar refractivity (Wildman–Crippen MR) is 118 cm³/mol. The van der Waals surface area contributed by atoms with E-state index in [2.05, 4.69) is 15.3 Å². The van der Waals surface area contributed by atoms with Gasteiger partial charge >= 0.3 is 0 Å². The molecule has 0 saturated carbocycles. The molecule has 152 valence electrons. The molecule has 1 amide bonds. The smallest absolute Gasteiger partial charge is 0.261 e. The van der Waals surface area contributed by atoms with E-state index in [9.17, 15) is 9.59 Å². The van der Waals surface area contributed by atoms with E-state index in [1.54, 1.807) is 43.6 Å². The molecule has 2 N–H and O–H groups in total. The summed E-state index contributed by atoms with van der Waals surface area (Å²) in [5, 5.41) is 3.32. The molecular weight excluding hydrogens is 400 g/mol. The molecule has 2 heterocycles. The van der Waals surface area contributed by atoms with Crippen LogP contribution >= 0.6 is 12.2 Å². The van der Waals surface area contributed by atoms with Gasteiger partial charge in [0.15, 0.2) is 4.77 Å². The highest BCUT2D eigenvalue weighted by molar-refractivity contribution is 7.71. The topological polar surface area (TPSA) is 92.9 Å². The third-order valence-corrected chi connectivity index (χ3v) is 5.22. The zero-order valence-corrected chi connectivity index (χ0v) is 17.5. The number of hydrogen-bond donors (Lipinski definition) is 2. The van der Waals surface area contributed by atoms with Gasteiger partial charge in [-0.1, -0.05) is 13.8 Å². The highest BCUT2D eigenvalue weighted by Crippen LogP contribution is 2.24. The fourth-order valence-corrected chi connectivity index (χ4v) is 3.23. The van der Waals surface area contributed by atoms with E-state index in [1.165, 1.54) is 4.57 Å². The van der Waals surface area contributed by atoms with Gasteiger partial charge in [-0.05, 0) is 54.7 Å². The van der Waals surface area contributed by atoms with E-state index < -0.39 is 0 Å². The van der Waals surface area contributed by atoms with Gasteiger partial charge in [0, 0.05) is 29.8 Å². The largest absolute Gasteiger partial charge is 0.441 e. The number of oxazole rings is 1. The Labute approximate surface area is 177 Å². The lowest BCUT2D eigenvalue weighted by Crippen LogP contribution is -2.19.